The first-order valence-corrected chi connectivity index (χ1v) is 8.81. The van der Waals surface area contributed by atoms with Gasteiger partial charge in [-0.05, 0) is 45.4 Å². The normalized spacial score (nSPS) is 25.8. The molecule has 0 bridgehead atoms. The molecule has 1 saturated carbocycles. The second-order valence-electron chi connectivity index (χ2n) is 4.91. The highest BCUT2D eigenvalue weighted by atomic mass is 28.4. The molecular weight excluding hydrogens is 248 g/mol. The van der Waals surface area contributed by atoms with Gasteiger partial charge in [0.15, 0.2) is 0 Å². The van der Waals surface area contributed by atoms with E-state index in [0.717, 1.165) is 0 Å². The van der Waals surface area contributed by atoms with Crippen LogP contribution in [0.3, 0.4) is 0 Å². The van der Waals surface area contributed by atoms with Crippen molar-refractivity contribution < 1.29 is 17.7 Å². The molecule has 5 heteroatoms. The van der Waals surface area contributed by atoms with Crippen molar-refractivity contribution in [2.75, 3.05) is 19.8 Å². The summed E-state index contributed by atoms with van der Waals surface area (Å²) in [5.74, 6) is 1.10. The van der Waals surface area contributed by atoms with E-state index in [-0.39, 0.29) is 6.10 Å². The Kier molecular flexibility index (Phi) is 6.80. The SMILES string of the molecule is CCO[Si](OCC)(OCC)OC1[C@@H](C)CC[C@@H]1C. The summed E-state index contributed by atoms with van der Waals surface area (Å²) in [6.45, 7) is 12.0. The van der Waals surface area contributed by atoms with Crippen molar-refractivity contribution in [3.8, 4) is 0 Å². The van der Waals surface area contributed by atoms with Crippen molar-refractivity contribution in [1.82, 2.24) is 0 Å². The van der Waals surface area contributed by atoms with Gasteiger partial charge in [-0.2, -0.15) is 0 Å². The van der Waals surface area contributed by atoms with E-state index < -0.39 is 9.05 Å². The maximum atomic E-state index is 6.22. The molecule has 0 amide bonds. The summed E-state index contributed by atoms with van der Waals surface area (Å²) in [7, 11) is -2.94. The van der Waals surface area contributed by atoms with Crippen LogP contribution in [0.25, 0.3) is 0 Å². The third kappa shape index (κ3) is 4.03. The van der Waals surface area contributed by atoms with Gasteiger partial charge in [-0.15, -0.1) is 0 Å². The molecule has 1 aliphatic carbocycles. The molecule has 4 nitrogen and oxygen atoms in total. The number of hydrogen-bond donors (Lipinski definition) is 0. The van der Waals surface area contributed by atoms with E-state index in [9.17, 15) is 0 Å². The summed E-state index contributed by atoms with van der Waals surface area (Å²) in [5, 5.41) is 0. The maximum Gasteiger partial charge on any atom is 0.679 e. The Balaban J connectivity index is 2.74. The largest absolute Gasteiger partial charge is 0.679 e. The number of rotatable bonds is 8. The van der Waals surface area contributed by atoms with E-state index >= 15 is 0 Å². The Hall–Kier alpha value is 0.0569. The fraction of sp³-hybridized carbons (Fsp3) is 1.00. The minimum atomic E-state index is -2.94. The highest BCUT2D eigenvalue weighted by Gasteiger charge is 2.49. The van der Waals surface area contributed by atoms with Gasteiger partial charge in [0.2, 0.25) is 0 Å². The van der Waals surface area contributed by atoms with Crippen LogP contribution in [0.2, 0.25) is 0 Å². The van der Waals surface area contributed by atoms with Gasteiger partial charge >= 0.3 is 9.05 Å². The van der Waals surface area contributed by atoms with Crippen LogP contribution in [0.1, 0.15) is 47.5 Å². The van der Waals surface area contributed by atoms with Crippen molar-refractivity contribution in [3.05, 3.63) is 0 Å². The smallest absolute Gasteiger partial charge is 0.351 e. The summed E-state index contributed by atoms with van der Waals surface area (Å²) in [6, 6.07) is 0. The molecule has 2 atom stereocenters. The molecule has 0 aromatic carbocycles. The molecule has 1 aliphatic rings. The van der Waals surface area contributed by atoms with Crippen molar-refractivity contribution >= 4 is 9.05 Å². The van der Waals surface area contributed by atoms with E-state index in [1.54, 1.807) is 0 Å². The third-order valence-corrected chi connectivity index (χ3v) is 5.93. The minimum absolute atomic E-state index is 0.196. The summed E-state index contributed by atoms with van der Waals surface area (Å²) in [6.07, 6.45) is 2.61. The molecule has 108 valence electrons. The Morgan fingerprint density at radius 2 is 1.22 bits per heavy atom. The third-order valence-electron chi connectivity index (χ3n) is 3.44. The van der Waals surface area contributed by atoms with E-state index in [4.69, 9.17) is 17.7 Å². The van der Waals surface area contributed by atoms with Crippen LogP contribution >= 0.6 is 0 Å². The summed E-state index contributed by atoms with van der Waals surface area (Å²) >= 11 is 0. The predicted octanol–water partition coefficient (Wildman–Crippen LogP) is 2.98. The summed E-state index contributed by atoms with van der Waals surface area (Å²) in [5.41, 5.74) is 0. The lowest BCUT2D eigenvalue weighted by molar-refractivity contribution is -0.0651. The molecule has 0 aliphatic heterocycles. The fourth-order valence-corrected chi connectivity index (χ4v) is 4.88. The van der Waals surface area contributed by atoms with Crippen LogP contribution in [0.15, 0.2) is 0 Å². The fourth-order valence-electron chi connectivity index (χ4n) is 2.57. The lowest BCUT2D eigenvalue weighted by Crippen LogP contribution is -2.52. The monoisotopic (exact) mass is 276 g/mol. The molecule has 1 fully saturated rings. The van der Waals surface area contributed by atoms with Crippen LogP contribution in [-0.2, 0) is 17.7 Å². The molecule has 0 aromatic rings. The molecule has 0 spiro atoms. The van der Waals surface area contributed by atoms with Crippen LogP contribution in [-0.4, -0.2) is 35.0 Å². The van der Waals surface area contributed by atoms with Crippen LogP contribution in [0, 0.1) is 11.8 Å². The van der Waals surface area contributed by atoms with Gasteiger partial charge in [-0.1, -0.05) is 13.8 Å². The van der Waals surface area contributed by atoms with Crippen molar-refractivity contribution in [2.24, 2.45) is 11.8 Å². The van der Waals surface area contributed by atoms with E-state index in [1.807, 2.05) is 20.8 Å². The van der Waals surface area contributed by atoms with Gasteiger partial charge in [0.1, 0.15) is 0 Å². The van der Waals surface area contributed by atoms with Gasteiger partial charge in [0.05, 0.1) is 6.10 Å². The highest BCUT2D eigenvalue weighted by molar-refractivity contribution is 6.53. The average Bonchev–Trinajstić information content (AvgIpc) is 2.62. The van der Waals surface area contributed by atoms with Gasteiger partial charge < -0.3 is 17.7 Å². The topological polar surface area (TPSA) is 36.9 Å². The average molecular weight is 276 g/mol. The molecule has 0 unspecified atom stereocenters. The Morgan fingerprint density at radius 1 is 0.833 bits per heavy atom. The van der Waals surface area contributed by atoms with E-state index in [1.165, 1.54) is 12.8 Å². The van der Waals surface area contributed by atoms with Crippen molar-refractivity contribution in [2.45, 2.75) is 53.6 Å². The first-order chi connectivity index (χ1) is 8.58. The molecule has 1 rings (SSSR count). The van der Waals surface area contributed by atoms with Crippen LogP contribution in [0.5, 0.6) is 0 Å². The standard InChI is InChI=1S/C13H28O4Si/c1-6-14-18(15-7-2,16-8-3)17-13-11(4)9-10-12(13)5/h11-13H,6-10H2,1-5H3/t11-,12-/m0/s1. The van der Waals surface area contributed by atoms with Crippen LogP contribution < -0.4 is 0 Å². The Bertz CT molecular complexity index is 210. The van der Waals surface area contributed by atoms with Crippen LogP contribution in [0.4, 0.5) is 0 Å². The zero-order valence-corrected chi connectivity index (χ0v) is 13.4. The molecule has 0 saturated heterocycles. The zero-order chi connectivity index (χ0) is 13.6. The lowest BCUT2D eigenvalue weighted by Gasteiger charge is -2.32. The second-order valence-corrected chi connectivity index (χ2v) is 7.02. The maximum absolute atomic E-state index is 6.22. The van der Waals surface area contributed by atoms with E-state index in [2.05, 4.69) is 13.8 Å². The molecule has 0 aromatic heterocycles. The van der Waals surface area contributed by atoms with Gasteiger partial charge in [-0.3, -0.25) is 0 Å². The Morgan fingerprint density at radius 3 is 1.56 bits per heavy atom. The number of hydrogen-bond acceptors (Lipinski definition) is 4. The van der Waals surface area contributed by atoms with E-state index in [0.29, 0.717) is 31.7 Å². The molecule has 18 heavy (non-hydrogen) atoms. The van der Waals surface area contributed by atoms with Crippen molar-refractivity contribution in [1.29, 1.82) is 0 Å². The molecule has 0 heterocycles. The summed E-state index contributed by atoms with van der Waals surface area (Å²) in [4.78, 5) is 0. The minimum Gasteiger partial charge on any atom is -0.351 e. The first kappa shape index (κ1) is 16.1. The van der Waals surface area contributed by atoms with Gasteiger partial charge in [-0.25, -0.2) is 0 Å². The predicted molar refractivity (Wildman–Crippen MR) is 73.1 cm³/mol. The zero-order valence-electron chi connectivity index (χ0n) is 12.4. The second kappa shape index (κ2) is 7.60. The molecule has 0 N–H and O–H groups in total. The molecule has 0 radical (unpaired) electrons. The highest BCUT2D eigenvalue weighted by Crippen LogP contribution is 2.35. The summed E-state index contributed by atoms with van der Waals surface area (Å²) < 4.78 is 23.4. The quantitative estimate of drug-likeness (QED) is 0.639. The molecular formula is C13H28O4Si. The van der Waals surface area contributed by atoms with Gasteiger partial charge in [0, 0.05) is 19.8 Å². The van der Waals surface area contributed by atoms with Crippen molar-refractivity contribution in [3.63, 3.8) is 0 Å². The lowest BCUT2D eigenvalue weighted by atomic mass is 10.0. The van der Waals surface area contributed by atoms with Gasteiger partial charge in [0.25, 0.3) is 0 Å². The first-order valence-electron chi connectivity index (χ1n) is 7.18. The Labute approximate surface area is 112 Å².